The third-order valence-electron chi connectivity index (χ3n) is 3.09. The summed E-state index contributed by atoms with van der Waals surface area (Å²) in [7, 11) is 0. The van der Waals surface area contributed by atoms with Crippen LogP contribution in [0.3, 0.4) is 0 Å². The summed E-state index contributed by atoms with van der Waals surface area (Å²) in [5.74, 6) is -0.0322. The van der Waals surface area contributed by atoms with Crippen LogP contribution in [0.25, 0.3) is 16.3 Å². The van der Waals surface area contributed by atoms with Crippen molar-refractivity contribution in [3.05, 3.63) is 59.7 Å². The van der Waals surface area contributed by atoms with Gasteiger partial charge in [0.15, 0.2) is 5.13 Å². The zero-order valence-corrected chi connectivity index (χ0v) is 12.7. The van der Waals surface area contributed by atoms with Crippen molar-refractivity contribution in [2.45, 2.75) is 6.92 Å². The van der Waals surface area contributed by atoms with Gasteiger partial charge in [-0.25, -0.2) is 4.98 Å². The second kappa shape index (κ2) is 5.99. The SMILES string of the molecule is Cc1ccc2nc(NC(=O)/C=C/c3ccc(O)cc3)sc2c1. The van der Waals surface area contributed by atoms with Gasteiger partial charge in [0, 0.05) is 6.08 Å². The maximum atomic E-state index is 11.9. The summed E-state index contributed by atoms with van der Waals surface area (Å²) in [6.07, 6.45) is 3.13. The van der Waals surface area contributed by atoms with E-state index in [0.717, 1.165) is 15.8 Å². The van der Waals surface area contributed by atoms with Gasteiger partial charge in [-0.1, -0.05) is 29.5 Å². The van der Waals surface area contributed by atoms with E-state index in [-0.39, 0.29) is 11.7 Å². The standard InChI is InChI=1S/C17H14N2O2S/c1-11-2-8-14-15(10-11)22-17(18-14)19-16(21)9-5-12-3-6-13(20)7-4-12/h2-10,20H,1H3,(H,18,19,21)/b9-5+. The van der Waals surface area contributed by atoms with Crippen molar-refractivity contribution in [1.29, 1.82) is 0 Å². The van der Waals surface area contributed by atoms with Gasteiger partial charge >= 0.3 is 0 Å². The number of benzene rings is 2. The molecule has 5 heteroatoms. The van der Waals surface area contributed by atoms with Crippen LogP contribution < -0.4 is 5.32 Å². The molecule has 2 N–H and O–H groups in total. The number of aryl methyl sites for hydroxylation is 1. The molecule has 0 saturated carbocycles. The van der Waals surface area contributed by atoms with Gasteiger partial charge in [0.25, 0.3) is 0 Å². The van der Waals surface area contributed by atoms with Crippen molar-refractivity contribution in [2.75, 3.05) is 5.32 Å². The average Bonchev–Trinajstić information content (AvgIpc) is 2.88. The summed E-state index contributed by atoms with van der Waals surface area (Å²) in [6.45, 7) is 2.03. The third-order valence-corrected chi connectivity index (χ3v) is 4.03. The molecule has 0 radical (unpaired) electrons. The lowest BCUT2D eigenvalue weighted by molar-refractivity contribution is -0.111. The highest BCUT2D eigenvalue weighted by Gasteiger charge is 2.05. The molecule has 22 heavy (non-hydrogen) atoms. The average molecular weight is 310 g/mol. The molecule has 0 saturated heterocycles. The second-order valence-electron chi connectivity index (χ2n) is 4.90. The number of hydrogen-bond donors (Lipinski definition) is 2. The van der Waals surface area contributed by atoms with Gasteiger partial charge in [0.1, 0.15) is 5.75 Å². The maximum absolute atomic E-state index is 11.9. The molecule has 3 aromatic rings. The van der Waals surface area contributed by atoms with Crippen LogP contribution in [0.5, 0.6) is 5.75 Å². The second-order valence-corrected chi connectivity index (χ2v) is 5.93. The normalized spacial score (nSPS) is 11.1. The van der Waals surface area contributed by atoms with Crippen LogP contribution >= 0.6 is 11.3 Å². The Morgan fingerprint density at radius 3 is 2.77 bits per heavy atom. The number of rotatable bonds is 3. The molecule has 110 valence electrons. The predicted octanol–water partition coefficient (Wildman–Crippen LogP) is 3.96. The molecule has 0 aliphatic rings. The monoisotopic (exact) mass is 310 g/mol. The van der Waals surface area contributed by atoms with E-state index in [1.54, 1.807) is 30.3 Å². The van der Waals surface area contributed by atoms with E-state index in [4.69, 9.17) is 0 Å². The number of carbonyl (C=O) groups excluding carboxylic acids is 1. The van der Waals surface area contributed by atoms with Crippen molar-refractivity contribution in [2.24, 2.45) is 0 Å². The molecule has 1 heterocycles. The molecular formula is C17H14N2O2S. The van der Waals surface area contributed by atoms with E-state index in [9.17, 15) is 9.90 Å². The summed E-state index contributed by atoms with van der Waals surface area (Å²) in [5.41, 5.74) is 2.89. The first-order chi connectivity index (χ1) is 10.6. The smallest absolute Gasteiger partial charge is 0.250 e. The van der Waals surface area contributed by atoms with Crippen LogP contribution in [0.4, 0.5) is 5.13 Å². The molecule has 1 amide bonds. The zero-order valence-electron chi connectivity index (χ0n) is 11.9. The Morgan fingerprint density at radius 1 is 1.23 bits per heavy atom. The van der Waals surface area contributed by atoms with Crippen LogP contribution in [-0.2, 0) is 4.79 Å². The van der Waals surface area contributed by atoms with Crippen molar-refractivity contribution < 1.29 is 9.90 Å². The Morgan fingerprint density at radius 2 is 2.00 bits per heavy atom. The molecule has 0 bridgehead atoms. The van der Waals surface area contributed by atoms with E-state index < -0.39 is 0 Å². The molecule has 0 atom stereocenters. The Kier molecular flexibility index (Phi) is 3.89. The van der Waals surface area contributed by atoms with Crippen molar-refractivity contribution in [3.8, 4) is 5.75 Å². The van der Waals surface area contributed by atoms with Crippen LogP contribution in [0, 0.1) is 6.92 Å². The maximum Gasteiger partial charge on any atom is 0.250 e. The number of nitrogens with zero attached hydrogens (tertiary/aromatic N) is 1. The molecule has 3 rings (SSSR count). The summed E-state index contributed by atoms with van der Waals surface area (Å²) in [6, 6.07) is 12.6. The fourth-order valence-electron chi connectivity index (χ4n) is 1.99. The first-order valence-corrected chi connectivity index (χ1v) is 7.57. The highest BCUT2D eigenvalue weighted by atomic mass is 32.1. The number of carbonyl (C=O) groups is 1. The highest BCUT2D eigenvalue weighted by Crippen LogP contribution is 2.26. The van der Waals surface area contributed by atoms with Crippen molar-refractivity contribution >= 4 is 38.7 Å². The van der Waals surface area contributed by atoms with E-state index in [1.165, 1.54) is 23.0 Å². The lowest BCUT2D eigenvalue weighted by Gasteiger charge is -1.96. The summed E-state index contributed by atoms with van der Waals surface area (Å²) in [5, 5.41) is 12.6. The number of amides is 1. The van der Waals surface area contributed by atoms with Gasteiger partial charge < -0.3 is 5.11 Å². The number of phenolic OH excluding ortho intramolecular Hbond substituents is 1. The Hall–Kier alpha value is -2.66. The Balaban J connectivity index is 1.71. The number of thiazole rings is 1. The Bertz CT molecular complexity index is 851. The van der Waals surface area contributed by atoms with Gasteiger partial charge in [-0.05, 0) is 48.4 Å². The third kappa shape index (κ3) is 3.32. The number of nitrogens with one attached hydrogen (secondary N) is 1. The quantitative estimate of drug-likeness (QED) is 0.720. The van der Waals surface area contributed by atoms with Crippen LogP contribution in [-0.4, -0.2) is 16.0 Å². The van der Waals surface area contributed by atoms with E-state index in [0.29, 0.717) is 5.13 Å². The van der Waals surface area contributed by atoms with E-state index >= 15 is 0 Å². The minimum Gasteiger partial charge on any atom is -0.508 e. The molecule has 0 aliphatic heterocycles. The number of phenols is 1. The first kappa shape index (κ1) is 14.3. The highest BCUT2D eigenvalue weighted by molar-refractivity contribution is 7.22. The van der Waals surface area contributed by atoms with Crippen LogP contribution in [0.15, 0.2) is 48.5 Å². The first-order valence-electron chi connectivity index (χ1n) is 6.75. The van der Waals surface area contributed by atoms with Crippen LogP contribution in [0.2, 0.25) is 0 Å². The van der Waals surface area contributed by atoms with Gasteiger partial charge in [0.05, 0.1) is 10.2 Å². The van der Waals surface area contributed by atoms with Crippen molar-refractivity contribution in [1.82, 2.24) is 4.98 Å². The predicted molar refractivity (Wildman–Crippen MR) is 90.1 cm³/mol. The Labute approximate surface area is 131 Å². The fourth-order valence-corrected chi connectivity index (χ4v) is 2.96. The zero-order chi connectivity index (χ0) is 15.5. The van der Waals surface area contributed by atoms with Gasteiger partial charge in [-0.15, -0.1) is 0 Å². The number of hydrogen-bond acceptors (Lipinski definition) is 4. The molecule has 0 unspecified atom stereocenters. The lowest BCUT2D eigenvalue weighted by atomic mass is 10.2. The molecule has 0 aliphatic carbocycles. The molecule has 1 aromatic heterocycles. The lowest BCUT2D eigenvalue weighted by Crippen LogP contribution is -2.07. The number of aromatic hydroxyl groups is 1. The van der Waals surface area contributed by atoms with Gasteiger partial charge in [-0.2, -0.15) is 0 Å². The minimum atomic E-state index is -0.233. The molecule has 0 spiro atoms. The van der Waals surface area contributed by atoms with Crippen molar-refractivity contribution in [3.63, 3.8) is 0 Å². The molecular weight excluding hydrogens is 296 g/mol. The van der Waals surface area contributed by atoms with Crippen LogP contribution in [0.1, 0.15) is 11.1 Å². The molecule has 0 fully saturated rings. The topological polar surface area (TPSA) is 62.2 Å². The summed E-state index contributed by atoms with van der Waals surface area (Å²) >= 11 is 1.45. The van der Waals surface area contributed by atoms with E-state index in [1.807, 2.05) is 19.1 Å². The number of anilines is 1. The number of fused-ring (bicyclic) bond motifs is 1. The molecule has 4 nitrogen and oxygen atoms in total. The minimum absolute atomic E-state index is 0.200. The van der Waals surface area contributed by atoms with E-state index in [2.05, 4.69) is 16.4 Å². The van der Waals surface area contributed by atoms with Gasteiger partial charge in [0.2, 0.25) is 5.91 Å². The fraction of sp³-hybridized carbons (Fsp3) is 0.0588. The summed E-state index contributed by atoms with van der Waals surface area (Å²) < 4.78 is 1.05. The summed E-state index contributed by atoms with van der Waals surface area (Å²) in [4.78, 5) is 16.3. The largest absolute Gasteiger partial charge is 0.508 e. The molecule has 2 aromatic carbocycles. The van der Waals surface area contributed by atoms with Gasteiger partial charge in [-0.3, -0.25) is 10.1 Å². The number of aromatic nitrogens is 1.